The zero-order valence-corrected chi connectivity index (χ0v) is 11.5. The number of carbonyl (C=O) groups is 1. The zero-order chi connectivity index (χ0) is 13.8. The van der Waals surface area contributed by atoms with Crippen LogP contribution in [0.3, 0.4) is 0 Å². The number of hydrogen-bond donors (Lipinski definition) is 2. The van der Waals surface area contributed by atoms with E-state index in [-0.39, 0.29) is 17.5 Å². The van der Waals surface area contributed by atoms with Crippen molar-refractivity contribution in [1.82, 2.24) is 15.2 Å². The van der Waals surface area contributed by atoms with Gasteiger partial charge < -0.3 is 15.2 Å². The smallest absolute Gasteiger partial charge is 0.248 e. The van der Waals surface area contributed by atoms with E-state index in [2.05, 4.69) is 10.3 Å². The van der Waals surface area contributed by atoms with E-state index in [1.807, 2.05) is 13.0 Å². The maximum absolute atomic E-state index is 11.8. The maximum atomic E-state index is 11.8. The van der Waals surface area contributed by atoms with Crippen molar-refractivity contribution in [3.05, 3.63) is 33.7 Å². The molecule has 1 aliphatic carbocycles. The normalized spacial score (nSPS) is 17.9. The predicted molar refractivity (Wildman–Crippen MR) is 74.1 cm³/mol. The zero-order valence-electron chi connectivity index (χ0n) is 11.5. The van der Waals surface area contributed by atoms with Crippen molar-refractivity contribution in [2.75, 3.05) is 20.1 Å². The van der Waals surface area contributed by atoms with E-state index in [1.165, 1.54) is 0 Å². The molecule has 0 radical (unpaired) electrons. The van der Waals surface area contributed by atoms with Gasteiger partial charge in [0.05, 0.1) is 6.54 Å². The third-order valence-electron chi connectivity index (χ3n) is 3.73. The minimum Gasteiger partial charge on any atom is -0.345 e. The number of hydrogen-bond acceptors (Lipinski definition) is 3. The van der Waals surface area contributed by atoms with Crippen LogP contribution >= 0.6 is 0 Å². The molecule has 0 saturated carbocycles. The van der Waals surface area contributed by atoms with E-state index in [0.717, 1.165) is 37.1 Å². The number of rotatable bonds is 4. The summed E-state index contributed by atoms with van der Waals surface area (Å²) < 4.78 is 0. The van der Waals surface area contributed by atoms with E-state index >= 15 is 0 Å². The van der Waals surface area contributed by atoms with Gasteiger partial charge in [-0.1, -0.05) is 6.07 Å². The van der Waals surface area contributed by atoms with Crippen molar-refractivity contribution in [3.8, 4) is 0 Å². The number of likely N-dealkylation sites (N-methyl/N-ethyl adjacent to an activating group) is 1. The Morgan fingerprint density at radius 1 is 1.53 bits per heavy atom. The van der Waals surface area contributed by atoms with Gasteiger partial charge in [-0.25, -0.2) is 0 Å². The van der Waals surface area contributed by atoms with Gasteiger partial charge in [0.2, 0.25) is 11.5 Å². The molecular weight excluding hydrogens is 242 g/mol. The topological polar surface area (TPSA) is 65.2 Å². The Hall–Kier alpha value is -1.62. The molecule has 1 aliphatic rings. The molecule has 0 spiro atoms. The standard InChI is InChI=1S/C14H21N3O2/c1-3-17(2)14(19)9-15-11-5-4-6-12-10(11)7-8-13(18)16-12/h7-8,11,15H,3-6,9H2,1-2H3,(H,16,18). The number of aromatic amines is 1. The molecule has 0 saturated heterocycles. The predicted octanol–water partition coefficient (Wildman–Crippen LogP) is 0.820. The first-order chi connectivity index (χ1) is 9.11. The summed E-state index contributed by atoms with van der Waals surface area (Å²) >= 11 is 0. The van der Waals surface area contributed by atoms with E-state index in [9.17, 15) is 9.59 Å². The van der Waals surface area contributed by atoms with Crippen molar-refractivity contribution in [3.63, 3.8) is 0 Å². The van der Waals surface area contributed by atoms with Crippen LogP contribution in [-0.2, 0) is 11.2 Å². The van der Waals surface area contributed by atoms with Crippen LogP contribution in [0.4, 0.5) is 0 Å². The molecular formula is C14H21N3O2. The number of fused-ring (bicyclic) bond motifs is 1. The molecule has 5 nitrogen and oxygen atoms in total. The van der Waals surface area contributed by atoms with E-state index in [1.54, 1.807) is 18.0 Å². The Morgan fingerprint density at radius 3 is 3.05 bits per heavy atom. The highest BCUT2D eigenvalue weighted by Crippen LogP contribution is 2.27. The molecule has 5 heteroatoms. The Kier molecular flexibility index (Phi) is 4.37. The van der Waals surface area contributed by atoms with Crippen LogP contribution < -0.4 is 10.9 Å². The van der Waals surface area contributed by atoms with Gasteiger partial charge in [0.15, 0.2) is 0 Å². The van der Waals surface area contributed by atoms with Gasteiger partial charge in [0.1, 0.15) is 0 Å². The maximum Gasteiger partial charge on any atom is 0.248 e. The quantitative estimate of drug-likeness (QED) is 0.845. The molecule has 1 atom stereocenters. The summed E-state index contributed by atoms with van der Waals surface area (Å²) in [5, 5.41) is 3.30. The Bertz CT molecular complexity index is 510. The minimum absolute atomic E-state index is 0.0545. The summed E-state index contributed by atoms with van der Waals surface area (Å²) in [6.07, 6.45) is 2.94. The highest BCUT2D eigenvalue weighted by molar-refractivity contribution is 5.77. The highest BCUT2D eigenvalue weighted by Gasteiger charge is 2.21. The molecule has 2 rings (SSSR count). The SMILES string of the molecule is CCN(C)C(=O)CNC1CCCc2[nH]c(=O)ccc21. The Balaban J connectivity index is 2.04. The number of amides is 1. The summed E-state index contributed by atoms with van der Waals surface area (Å²) in [4.78, 5) is 27.7. The van der Waals surface area contributed by atoms with Crippen molar-refractivity contribution in [2.45, 2.75) is 32.2 Å². The summed E-state index contributed by atoms with van der Waals surface area (Å²) in [7, 11) is 1.80. The van der Waals surface area contributed by atoms with Crippen LogP contribution in [0.5, 0.6) is 0 Å². The largest absolute Gasteiger partial charge is 0.345 e. The Morgan fingerprint density at radius 2 is 2.32 bits per heavy atom. The Labute approximate surface area is 113 Å². The minimum atomic E-state index is -0.0545. The van der Waals surface area contributed by atoms with Crippen LogP contribution in [0.2, 0.25) is 0 Å². The summed E-state index contributed by atoms with van der Waals surface area (Å²) in [5.41, 5.74) is 2.08. The van der Waals surface area contributed by atoms with Gasteiger partial charge in [-0.15, -0.1) is 0 Å². The number of carbonyl (C=O) groups excluding carboxylic acids is 1. The fraction of sp³-hybridized carbons (Fsp3) is 0.571. The van der Waals surface area contributed by atoms with Crippen molar-refractivity contribution < 1.29 is 4.79 Å². The molecule has 0 bridgehead atoms. The molecule has 1 amide bonds. The van der Waals surface area contributed by atoms with Gasteiger partial charge in [-0.3, -0.25) is 9.59 Å². The van der Waals surface area contributed by atoms with Gasteiger partial charge >= 0.3 is 0 Å². The second-order valence-electron chi connectivity index (χ2n) is 4.99. The van der Waals surface area contributed by atoms with Crippen molar-refractivity contribution in [2.24, 2.45) is 0 Å². The summed E-state index contributed by atoms with van der Waals surface area (Å²) in [5.74, 6) is 0.0963. The lowest BCUT2D eigenvalue weighted by molar-refractivity contribution is -0.128. The van der Waals surface area contributed by atoms with Crippen LogP contribution in [0, 0.1) is 0 Å². The fourth-order valence-corrected chi connectivity index (χ4v) is 2.43. The van der Waals surface area contributed by atoms with E-state index in [0.29, 0.717) is 6.54 Å². The third-order valence-corrected chi connectivity index (χ3v) is 3.73. The first-order valence-electron chi connectivity index (χ1n) is 6.81. The first kappa shape index (κ1) is 13.8. The molecule has 0 aliphatic heterocycles. The number of nitrogens with one attached hydrogen (secondary N) is 2. The van der Waals surface area contributed by atoms with Gasteiger partial charge in [-0.2, -0.15) is 0 Å². The van der Waals surface area contributed by atoms with Gasteiger partial charge in [0, 0.05) is 31.4 Å². The summed E-state index contributed by atoms with van der Waals surface area (Å²) in [6, 6.07) is 3.59. The average molecular weight is 263 g/mol. The monoisotopic (exact) mass is 263 g/mol. The number of aromatic nitrogens is 1. The second-order valence-corrected chi connectivity index (χ2v) is 4.99. The molecule has 1 unspecified atom stereocenters. The van der Waals surface area contributed by atoms with Crippen LogP contribution in [0.1, 0.15) is 37.1 Å². The average Bonchev–Trinajstić information content (AvgIpc) is 2.43. The van der Waals surface area contributed by atoms with Crippen LogP contribution in [-0.4, -0.2) is 35.9 Å². The van der Waals surface area contributed by atoms with E-state index < -0.39 is 0 Å². The van der Waals surface area contributed by atoms with E-state index in [4.69, 9.17) is 0 Å². The third kappa shape index (κ3) is 3.23. The van der Waals surface area contributed by atoms with Crippen molar-refractivity contribution in [1.29, 1.82) is 0 Å². The van der Waals surface area contributed by atoms with Gasteiger partial charge in [-0.05, 0) is 31.7 Å². The number of H-pyrrole nitrogens is 1. The van der Waals surface area contributed by atoms with Gasteiger partial charge in [0.25, 0.3) is 0 Å². The lowest BCUT2D eigenvalue weighted by Crippen LogP contribution is -2.38. The first-order valence-corrected chi connectivity index (χ1v) is 6.81. The fourth-order valence-electron chi connectivity index (χ4n) is 2.43. The second kappa shape index (κ2) is 6.02. The van der Waals surface area contributed by atoms with Crippen LogP contribution in [0.15, 0.2) is 16.9 Å². The lowest BCUT2D eigenvalue weighted by atomic mass is 9.91. The van der Waals surface area contributed by atoms with Crippen molar-refractivity contribution >= 4 is 5.91 Å². The lowest BCUT2D eigenvalue weighted by Gasteiger charge is -2.26. The van der Waals surface area contributed by atoms with Crippen LogP contribution in [0.25, 0.3) is 0 Å². The molecule has 1 aromatic rings. The molecule has 19 heavy (non-hydrogen) atoms. The highest BCUT2D eigenvalue weighted by atomic mass is 16.2. The molecule has 104 valence electrons. The molecule has 1 aromatic heterocycles. The molecule has 0 aromatic carbocycles. The number of aryl methyl sites for hydroxylation is 1. The summed E-state index contributed by atoms with van der Waals surface area (Å²) in [6.45, 7) is 3.02. The molecule has 1 heterocycles. The number of nitrogens with zero attached hydrogens (tertiary/aromatic N) is 1. The molecule has 0 fully saturated rings. The molecule has 2 N–H and O–H groups in total. The number of pyridine rings is 1.